The topological polar surface area (TPSA) is 75.7 Å². The van der Waals surface area contributed by atoms with Gasteiger partial charge >= 0.3 is 12.0 Å². The quantitative estimate of drug-likeness (QED) is 0.574. The third kappa shape index (κ3) is 4.44. The monoisotopic (exact) mass is 386 g/mol. The second kappa shape index (κ2) is 8.06. The Bertz CT molecular complexity index is 675. The number of hydrogen-bond donors (Lipinski definition) is 1. The molecule has 0 unspecified atom stereocenters. The number of benzene rings is 1. The summed E-state index contributed by atoms with van der Waals surface area (Å²) in [5.74, 6) is -1.13. The molecule has 0 bridgehead atoms. The summed E-state index contributed by atoms with van der Waals surface area (Å²) >= 11 is 12.0. The number of ether oxygens (including phenoxy) is 1. The van der Waals surface area contributed by atoms with Crippen molar-refractivity contribution in [2.24, 2.45) is 0 Å². The van der Waals surface area contributed by atoms with Gasteiger partial charge in [-0.25, -0.2) is 4.79 Å². The maximum atomic E-state index is 12.5. The molecule has 0 saturated carbocycles. The highest BCUT2D eigenvalue weighted by atomic mass is 35.5. The number of unbranched alkanes of at least 4 members (excludes halogenated alkanes) is 1. The molecule has 2 rings (SSSR count). The third-order valence-electron chi connectivity index (χ3n) is 4.10. The highest BCUT2D eigenvalue weighted by molar-refractivity contribution is 6.35. The molecule has 25 heavy (non-hydrogen) atoms. The molecule has 1 fully saturated rings. The Balaban J connectivity index is 1.96. The summed E-state index contributed by atoms with van der Waals surface area (Å²) in [4.78, 5) is 37.4. The van der Waals surface area contributed by atoms with Gasteiger partial charge in [0.05, 0.1) is 0 Å². The minimum atomic E-state index is -0.973. The molecule has 3 amide bonds. The summed E-state index contributed by atoms with van der Waals surface area (Å²) < 4.78 is 5.12. The van der Waals surface area contributed by atoms with E-state index in [0.29, 0.717) is 22.0 Å². The first-order valence-electron chi connectivity index (χ1n) is 8.01. The van der Waals surface area contributed by atoms with Gasteiger partial charge in [0.2, 0.25) is 0 Å². The molecule has 1 aromatic rings. The van der Waals surface area contributed by atoms with Gasteiger partial charge in [-0.3, -0.25) is 14.5 Å². The Labute approximate surface area is 156 Å². The first kappa shape index (κ1) is 19.5. The standard InChI is InChI=1S/C17H20Cl2N2O4/c1-3-4-8-17(2)15(23)21(16(24)20-17)9-14(22)25-10-11-12(18)6-5-7-13(11)19/h5-7H,3-4,8-10H2,1-2H3,(H,20,24)/t17-/m0/s1. The molecule has 8 heteroatoms. The van der Waals surface area contributed by atoms with Crippen molar-refractivity contribution < 1.29 is 19.1 Å². The molecular weight excluding hydrogens is 367 g/mol. The van der Waals surface area contributed by atoms with Crippen molar-refractivity contribution in [3.05, 3.63) is 33.8 Å². The predicted octanol–water partition coefficient (Wildman–Crippen LogP) is 3.54. The summed E-state index contributed by atoms with van der Waals surface area (Å²) in [7, 11) is 0. The Kier molecular flexibility index (Phi) is 6.30. The van der Waals surface area contributed by atoms with Crippen molar-refractivity contribution in [3.8, 4) is 0 Å². The van der Waals surface area contributed by atoms with Crippen LogP contribution in [0, 0.1) is 0 Å². The number of rotatable bonds is 7. The normalized spacial score (nSPS) is 19.9. The highest BCUT2D eigenvalue weighted by Crippen LogP contribution is 2.26. The fraction of sp³-hybridized carbons (Fsp3) is 0.471. The second-order valence-electron chi connectivity index (χ2n) is 6.12. The highest BCUT2D eigenvalue weighted by Gasteiger charge is 2.47. The van der Waals surface area contributed by atoms with Crippen LogP contribution in [-0.4, -0.2) is 34.9 Å². The van der Waals surface area contributed by atoms with E-state index in [2.05, 4.69) is 5.32 Å². The summed E-state index contributed by atoms with van der Waals surface area (Å²) in [6, 6.07) is 4.36. The molecule has 136 valence electrons. The molecule has 0 aromatic heterocycles. The van der Waals surface area contributed by atoms with Crippen LogP contribution in [0.2, 0.25) is 10.0 Å². The molecule has 0 radical (unpaired) electrons. The third-order valence-corrected chi connectivity index (χ3v) is 4.81. The van der Waals surface area contributed by atoms with Crippen molar-refractivity contribution >= 4 is 41.1 Å². The van der Waals surface area contributed by atoms with Crippen LogP contribution >= 0.6 is 23.2 Å². The van der Waals surface area contributed by atoms with E-state index in [1.165, 1.54) is 0 Å². The van der Waals surface area contributed by atoms with Gasteiger partial charge in [0.1, 0.15) is 18.7 Å². The van der Waals surface area contributed by atoms with E-state index in [1.54, 1.807) is 25.1 Å². The minimum Gasteiger partial charge on any atom is -0.459 e. The number of esters is 1. The van der Waals surface area contributed by atoms with Crippen molar-refractivity contribution in [2.45, 2.75) is 45.3 Å². The zero-order valence-corrected chi connectivity index (χ0v) is 15.6. The fourth-order valence-electron chi connectivity index (χ4n) is 2.59. The molecule has 1 aliphatic heterocycles. The van der Waals surface area contributed by atoms with E-state index in [9.17, 15) is 14.4 Å². The van der Waals surface area contributed by atoms with Crippen LogP contribution in [0.3, 0.4) is 0 Å². The molecule has 1 saturated heterocycles. The Morgan fingerprint density at radius 1 is 1.28 bits per heavy atom. The Morgan fingerprint density at radius 2 is 1.92 bits per heavy atom. The second-order valence-corrected chi connectivity index (χ2v) is 6.93. The fourth-order valence-corrected chi connectivity index (χ4v) is 3.09. The Hall–Kier alpha value is -1.79. The number of carbonyl (C=O) groups excluding carboxylic acids is 3. The van der Waals surface area contributed by atoms with E-state index >= 15 is 0 Å². The van der Waals surface area contributed by atoms with Crippen LogP contribution in [-0.2, 0) is 20.9 Å². The number of urea groups is 1. The number of imide groups is 1. The molecule has 0 aliphatic carbocycles. The van der Waals surface area contributed by atoms with Crippen LogP contribution in [0.5, 0.6) is 0 Å². The van der Waals surface area contributed by atoms with Crippen molar-refractivity contribution in [2.75, 3.05) is 6.54 Å². The largest absolute Gasteiger partial charge is 0.459 e. The number of halogens is 2. The molecule has 1 aliphatic rings. The van der Waals surface area contributed by atoms with Gasteiger partial charge in [-0.1, -0.05) is 49.0 Å². The summed E-state index contributed by atoms with van der Waals surface area (Å²) in [6.07, 6.45) is 2.22. The molecule has 0 spiro atoms. The van der Waals surface area contributed by atoms with Gasteiger partial charge in [0.25, 0.3) is 5.91 Å². The van der Waals surface area contributed by atoms with Gasteiger partial charge in [-0.05, 0) is 25.5 Å². The van der Waals surface area contributed by atoms with Crippen LogP contribution in [0.1, 0.15) is 38.7 Å². The first-order chi connectivity index (χ1) is 11.8. The lowest BCUT2D eigenvalue weighted by Gasteiger charge is -2.21. The Morgan fingerprint density at radius 3 is 2.52 bits per heavy atom. The number of carbonyl (C=O) groups is 3. The lowest BCUT2D eigenvalue weighted by molar-refractivity contribution is -0.148. The predicted molar refractivity (Wildman–Crippen MR) is 94.4 cm³/mol. The minimum absolute atomic E-state index is 0.131. The average Bonchev–Trinajstić information content (AvgIpc) is 2.76. The summed E-state index contributed by atoms with van der Waals surface area (Å²) in [6.45, 7) is 3.08. The van der Waals surface area contributed by atoms with Crippen LogP contribution in [0.15, 0.2) is 18.2 Å². The lowest BCUT2D eigenvalue weighted by atomic mass is 9.95. The van der Waals surface area contributed by atoms with Crippen LogP contribution < -0.4 is 5.32 Å². The van der Waals surface area contributed by atoms with Crippen LogP contribution in [0.4, 0.5) is 4.79 Å². The lowest BCUT2D eigenvalue weighted by Crippen LogP contribution is -2.44. The smallest absolute Gasteiger partial charge is 0.326 e. The van der Waals surface area contributed by atoms with Gasteiger partial charge in [0.15, 0.2) is 0 Å². The molecule has 1 aromatic carbocycles. The molecule has 1 heterocycles. The number of nitrogens with zero attached hydrogens (tertiary/aromatic N) is 1. The molecule has 1 N–H and O–H groups in total. The van der Waals surface area contributed by atoms with Gasteiger partial charge < -0.3 is 10.1 Å². The van der Waals surface area contributed by atoms with E-state index in [0.717, 1.165) is 17.7 Å². The molecule has 1 atom stereocenters. The van der Waals surface area contributed by atoms with E-state index in [4.69, 9.17) is 27.9 Å². The SMILES string of the molecule is CCCC[C@]1(C)NC(=O)N(CC(=O)OCc2c(Cl)cccc2Cl)C1=O. The van der Waals surface area contributed by atoms with Crippen molar-refractivity contribution in [3.63, 3.8) is 0 Å². The summed E-state index contributed by atoms with van der Waals surface area (Å²) in [5.41, 5.74) is -0.497. The number of hydrogen-bond acceptors (Lipinski definition) is 4. The van der Waals surface area contributed by atoms with Crippen LogP contribution in [0.25, 0.3) is 0 Å². The number of nitrogens with one attached hydrogen (secondary N) is 1. The first-order valence-corrected chi connectivity index (χ1v) is 8.76. The average molecular weight is 387 g/mol. The van der Waals surface area contributed by atoms with E-state index in [-0.39, 0.29) is 6.61 Å². The maximum Gasteiger partial charge on any atom is 0.326 e. The zero-order valence-electron chi connectivity index (χ0n) is 14.1. The van der Waals surface area contributed by atoms with Gasteiger partial charge in [-0.2, -0.15) is 0 Å². The maximum absolute atomic E-state index is 12.5. The van der Waals surface area contributed by atoms with Crippen molar-refractivity contribution in [1.29, 1.82) is 0 Å². The number of amides is 3. The van der Waals surface area contributed by atoms with Gasteiger partial charge in [-0.15, -0.1) is 0 Å². The molecule has 6 nitrogen and oxygen atoms in total. The van der Waals surface area contributed by atoms with Gasteiger partial charge in [0, 0.05) is 15.6 Å². The zero-order chi connectivity index (χ0) is 18.6. The molecular formula is C17H20Cl2N2O4. The van der Waals surface area contributed by atoms with E-state index < -0.39 is 30.0 Å². The summed E-state index contributed by atoms with van der Waals surface area (Å²) in [5, 5.41) is 3.40. The van der Waals surface area contributed by atoms with Crippen molar-refractivity contribution in [1.82, 2.24) is 10.2 Å². The van der Waals surface area contributed by atoms with E-state index in [1.807, 2.05) is 6.92 Å².